The number of carboxylic acids is 1. The summed E-state index contributed by atoms with van der Waals surface area (Å²) in [5.41, 5.74) is 17.9. The number of nitrogen functional groups attached to an aromatic ring is 2. The van der Waals surface area contributed by atoms with E-state index in [1.807, 2.05) is 0 Å². The number of anilines is 4. The average Bonchev–Trinajstić information content (AvgIpc) is 3.13. The number of carbonyl (C=O) groups is 3. The number of aliphatic carboxylic acids is 1. The number of allylic oxidation sites excluding steroid dienone is 4. The predicted molar refractivity (Wildman–Crippen MR) is 203 cm³/mol. The summed E-state index contributed by atoms with van der Waals surface area (Å²) in [5, 5.41) is 25.2. The van der Waals surface area contributed by atoms with Crippen molar-refractivity contribution in [3.05, 3.63) is 119 Å². The molecule has 0 atom stereocenters. The standard InChI is InChI=1S/C35H26N8O10S2/c36-21-5-11-28(27(37)15-21)41-42-29-17-25(54(48,49)50)13-20-14-31(55(51,52)53)33(34(45)32(20)29)43-39-23-8-3-19(4-9-23)18-1-6-22(7-2-18)38-40-24-10-12-30(44)26(16-24)35(46)47/h1-17,38-39H,36-37H2,(H,46,47)(H,48,49,50)(H,51,52,53)/b40-24-,42-41?,43-33+. The lowest BCUT2D eigenvalue weighted by atomic mass is 9.93. The van der Waals surface area contributed by atoms with Crippen LogP contribution in [0.5, 0.6) is 0 Å². The number of rotatable bonds is 10. The first-order valence-corrected chi connectivity index (χ1v) is 18.4. The Morgan fingerprint density at radius 1 is 0.691 bits per heavy atom. The summed E-state index contributed by atoms with van der Waals surface area (Å²) in [6.07, 6.45) is 4.46. The lowest BCUT2D eigenvalue weighted by molar-refractivity contribution is -0.134. The number of ketones is 2. The van der Waals surface area contributed by atoms with Crippen LogP contribution >= 0.6 is 0 Å². The second kappa shape index (κ2) is 14.7. The fraction of sp³-hybridized carbons (Fsp3) is 0. The minimum atomic E-state index is -5.13. The Morgan fingerprint density at radius 2 is 1.29 bits per heavy atom. The predicted octanol–water partition coefficient (Wildman–Crippen LogP) is 4.99. The smallest absolute Gasteiger partial charge is 0.339 e. The molecule has 0 fully saturated rings. The summed E-state index contributed by atoms with van der Waals surface area (Å²) in [4.78, 5) is 35.1. The molecule has 4 aromatic carbocycles. The van der Waals surface area contributed by atoms with Gasteiger partial charge in [0.05, 0.1) is 38.9 Å². The second-order valence-corrected chi connectivity index (χ2v) is 14.5. The van der Waals surface area contributed by atoms with Crippen LogP contribution in [0.15, 0.2) is 133 Å². The van der Waals surface area contributed by atoms with E-state index in [9.17, 15) is 40.3 Å². The normalized spacial score (nSPS) is 15.9. The number of benzene rings is 4. The number of carbonyl (C=O) groups excluding carboxylic acids is 2. The van der Waals surface area contributed by atoms with Crippen LogP contribution in [0.2, 0.25) is 0 Å². The number of carboxylic acid groups (broad SMARTS) is 1. The van der Waals surface area contributed by atoms with Crippen LogP contribution in [-0.2, 0) is 29.8 Å². The maximum atomic E-state index is 13.9. The summed E-state index contributed by atoms with van der Waals surface area (Å²) in [5.74, 6) is -3.07. The van der Waals surface area contributed by atoms with E-state index in [2.05, 4.69) is 31.3 Å². The molecule has 2 aliphatic carbocycles. The molecule has 0 aromatic heterocycles. The van der Waals surface area contributed by atoms with Gasteiger partial charge in [-0.3, -0.25) is 29.5 Å². The first-order chi connectivity index (χ1) is 26.0. The Kier molecular flexibility index (Phi) is 10.1. The Balaban J connectivity index is 1.26. The Morgan fingerprint density at radius 3 is 1.85 bits per heavy atom. The molecule has 4 aromatic rings. The van der Waals surface area contributed by atoms with Crippen molar-refractivity contribution in [2.45, 2.75) is 4.90 Å². The van der Waals surface area contributed by atoms with Gasteiger partial charge in [0.15, 0.2) is 11.5 Å². The molecule has 9 N–H and O–H groups in total. The maximum absolute atomic E-state index is 13.9. The van der Waals surface area contributed by atoms with Crippen LogP contribution < -0.4 is 22.3 Å². The largest absolute Gasteiger partial charge is 0.478 e. The highest BCUT2D eigenvalue weighted by Gasteiger charge is 2.36. The summed E-state index contributed by atoms with van der Waals surface area (Å²) < 4.78 is 68.8. The molecule has 0 saturated carbocycles. The van der Waals surface area contributed by atoms with Crippen LogP contribution in [0.25, 0.3) is 17.2 Å². The van der Waals surface area contributed by atoms with Gasteiger partial charge in [-0.2, -0.15) is 27.0 Å². The van der Waals surface area contributed by atoms with E-state index in [0.717, 1.165) is 41.5 Å². The molecule has 0 unspecified atom stereocenters. The minimum absolute atomic E-state index is 0.0983. The van der Waals surface area contributed by atoms with Gasteiger partial charge in [-0.15, -0.1) is 10.2 Å². The highest BCUT2D eigenvalue weighted by molar-refractivity contribution is 7.91. The molecule has 18 nitrogen and oxygen atoms in total. The molecule has 278 valence electrons. The SMILES string of the molecule is Nc1ccc(N=Nc2cc(S(=O)(=O)O)cc3c2C(=O)/C(=N/Nc2ccc(-c4ccc(N/N=C5/C=CC(=O)C(C(=O)O)=C5)cc4)cc2)C(S(=O)(=O)O)=C3)c(N)c1. The monoisotopic (exact) mass is 782 g/mol. The lowest BCUT2D eigenvalue weighted by Crippen LogP contribution is -2.27. The highest BCUT2D eigenvalue weighted by Crippen LogP contribution is 2.36. The van der Waals surface area contributed by atoms with Crippen molar-refractivity contribution >= 4 is 89.4 Å². The second-order valence-electron chi connectivity index (χ2n) is 11.6. The van der Waals surface area contributed by atoms with Crippen LogP contribution in [-0.4, -0.2) is 60.0 Å². The molecule has 0 aliphatic heterocycles. The van der Waals surface area contributed by atoms with Crippen molar-refractivity contribution in [2.75, 3.05) is 22.3 Å². The van der Waals surface area contributed by atoms with Gasteiger partial charge < -0.3 is 16.6 Å². The number of nitrogens with zero attached hydrogens (tertiary/aromatic N) is 4. The highest BCUT2D eigenvalue weighted by atomic mass is 32.2. The van der Waals surface area contributed by atoms with Crippen molar-refractivity contribution in [2.24, 2.45) is 20.4 Å². The fourth-order valence-electron chi connectivity index (χ4n) is 5.20. The molecule has 55 heavy (non-hydrogen) atoms. The lowest BCUT2D eigenvalue weighted by Gasteiger charge is -2.18. The molecule has 6 rings (SSSR count). The van der Waals surface area contributed by atoms with Gasteiger partial charge in [0.2, 0.25) is 5.78 Å². The number of Topliss-reactive ketones (excluding diaryl/α,β-unsaturated/α-hetero) is 1. The quantitative estimate of drug-likeness (QED) is 0.0278. The molecule has 20 heteroatoms. The molecule has 0 saturated heterocycles. The zero-order valence-corrected chi connectivity index (χ0v) is 29.4. The summed E-state index contributed by atoms with van der Waals surface area (Å²) in [6.45, 7) is 0. The molecule has 0 spiro atoms. The van der Waals surface area contributed by atoms with Crippen LogP contribution in [0.4, 0.5) is 34.1 Å². The maximum Gasteiger partial charge on any atom is 0.339 e. The molecular weight excluding hydrogens is 757 g/mol. The van der Waals surface area contributed by atoms with Gasteiger partial charge >= 0.3 is 5.97 Å². The van der Waals surface area contributed by atoms with E-state index in [-0.39, 0.29) is 28.2 Å². The van der Waals surface area contributed by atoms with Crippen molar-refractivity contribution < 1.29 is 45.4 Å². The van der Waals surface area contributed by atoms with Crippen molar-refractivity contribution in [1.29, 1.82) is 0 Å². The van der Waals surface area contributed by atoms with E-state index >= 15 is 0 Å². The number of azo groups is 1. The third-order valence-electron chi connectivity index (χ3n) is 7.88. The number of hydrogen-bond donors (Lipinski definition) is 7. The Hall–Kier alpha value is -7.13. The van der Waals surface area contributed by atoms with E-state index in [4.69, 9.17) is 16.6 Å². The molecular formula is C35H26N8O10S2. The minimum Gasteiger partial charge on any atom is -0.478 e. The van der Waals surface area contributed by atoms with Gasteiger partial charge in [-0.1, -0.05) is 24.3 Å². The zero-order valence-electron chi connectivity index (χ0n) is 27.8. The number of hydrazone groups is 2. The molecule has 0 heterocycles. The number of fused-ring (bicyclic) bond motifs is 1. The number of nitrogens with two attached hydrogens (primary N) is 2. The summed E-state index contributed by atoms with van der Waals surface area (Å²) in [7, 11) is -10.0. The molecule has 0 bridgehead atoms. The molecule has 2 aliphatic rings. The van der Waals surface area contributed by atoms with Gasteiger partial charge in [0, 0.05) is 5.69 Å². The topological polar surface area (TPSA) is 306 Å². The summed E-state index contributed by atoms with van der Waals surface area (Å²) >= 11 is 0. The molecule has 0 amide bonds. The van der Waals surface area contributed by atoms with E-state index in [1.54, 1.807) is 48.5 Å². The van der Waals surface area contributed by atoms with Gasteiger partial charge in [-0.25, -0.2) is 4.79 Å². The fourth-order valence-corrected chi connectivity index (χ4v) is 6.40. The molecule has 0 radical (unpaired) electrons. The van der Waals surface area contributed by atoms with Crippen molar-refractivity contribution in [3.8, 4) is 11.1 Å². The van der Waals surface area contributed by atoms with Crippen molar-refractivity contribution in [1.82, 2.24) is 0 Å². The first kappa shape index (κ1) is 37.6. The third kappa shape index (κ3) is 8.42. The number of hydrogen-bond acceptors (Lipinski definition) is 15. The van der Waals surface area contributed by atoms with E-state index < -0.39 is 64.5 Å². The van der Waals surface area contributed by atoms with Crippen LogP contribution in [0.3, 0.4) is 0 Å². The van der Waals surface area contributed by atoms with E-state index in [0.29, 0.717) is 17.1 Å². The number of nitrogens with one attached hydrogen (secondary N) is 2. The summed E-state index contributed by atoms with van der Waals surface area (Å²) in [6, 6.07) is 19.5. The first-order valence-electron chi connectivity index (χ1n) is 15.5. The van der Waals surface area contributed by atoms with Gasteiger partial charge in [0.25, 0.3) is 20.2 Å². The van der Waals surface area contributed by atoms with Crippen LogP contribution in [0.1, 0.15) is 15.9 Å². The van der Waals surface area contributed by atoms with Gasteiger partial charge in [0.1, 0.15) is 16.2 Å². The van der Waals surface area contributed by atoms with Crippen LogP contribution in [0, 0.1) is 0 Å². The Labute approximate surface area is 311 Å². The zero-order chi connectivity index (χ0) is 39.7. The Bertz CT molecular complexity index is 2720. The average molecular weight is 783 g/mol. The van der Waals surface area contributed by atoms with Gasteiger partial charge in [-0.05, 0) is 95.6 Å². The third-order valence-corrected chi connectivity index (χ3v) is 9.58. The van der Waals surface area contributed by atoms with E-state index in [1.165, 1.54) is 24.3 Å². The van der Waals surface area contributed by atoms with Crippen molar-refractivity contribution in [3.63, 3.8) is 0 Å².